The van der Waals surface area contributed by atoms with E-state index in [1.54, 1.807) is 30.4 Å². The molecule has 2 heterocycles. The van der Waals surface area contributed by atoms with E-state index in [1.807, 2.05) is 28.8 Å². The molecule has 0 N–H and O–H groups in total. The fraction of sp³-hybridized carbons (Fsp3) is 0.483. The molecule has 0 unspecified atom stereocenters. The number of unbranched alkanes of at least 4 members (excludes halogenated alkanes) is 2. The standard InChI is InChI=1S/C29H39Cl2N5O2S/c1-6-8-14-35(15-9-7-2)20-34(5)29(37)38-28-33-26(21(3)4)27(36(28)19-22-10-12-32-13-11-22)39-25-17-23(30)16-24(31)18-25/h10-13,16-18,21H,6-9,14-15,19-20H2,1-5H3. The lowest BCUT2D eigenvalue weighted by Gasteiger charge is -2.27. The minimum Gasteiger partial charge on any atom is -0.375 e. The number of ether oxygens (including phenoxy) is 1. The van der Waals surface area contributed by atoms with E-state index >= 15 is 0 Å². The van der Waals surface area contributed by atoms with Crippen molar-refractivity contribution in [1.82, 2.24) is 24.3 Å². The Morgan fingerprint density at radius 1 is 1.05 bits per heavy atom. The van der Waals surface area contributed by atoms with Gasteiger partial charge in [-0.3, -0.25) is 19.4 Å². The number of carbonyl (C=O) groups is 1. The van der Waals surface area contributed by atoms with Crippen LogP contribution in [0.5, 0.6) is 6.01 Å². The Morgan fingerprint density at radius 3 is 2.23 bits per heavy atom. The number of carbonyl (C=O) groups excluding carboxylic acids is 1. The van der Waals surface area contributed by atoms with Crippen LogP contribution in [-0.2, 0) is 6.54 Å². The van der Waals surface area contributed by atoms with Crippen LogP contribution in [0.1, 0.15) is 70.6 Å². The molecule has 2 aromatic heterocycles. The van der Waals surface area contributed by atoms with Crippen LogP contribution in [-0.4, -0.2) is 57.2 Å². The van der Waals surface area contributed by atoms with Gasteiger partial charge in [-0.15, -0.1) is 0 Å². The van der Waals surface area contributed by atoms with Crippen molar-refractivity contribution in [1.29, 1.82) is 0 Å². The maximum Gasteiger partial charge on any atom is 0.418 e. The van der Waals surface area contributed by atoms with Crippen molar-refractivity contribution < 1.29 is 9.53 Å². The zero-order chi connectivity index (χ0) is 28.4. The average molecular weight is 593 g/mol. The molecule has 0 saturated carbocycles. The fourth-order valence-corrected chi connectivity index (χ4v) is 5.93. The number of imidazole rings is 1. The SMILES string of the molecule is CCCCN(CCCC)CN(C)C(=O)Oc1nc(C(C)C)c(Sc2cc(Cl)cc(Cl)c2)n1Cc1ccncc1. The molecule has 0 bridgehead atoms. The summed E-state index contributed by atoms with van der Waals surface area (Å²) in [7, 11) is 1.77. The van der Waals surface area contributed by atoms with Gasteiger partial charge in [0, 0.05) is 34.4 Å². The van der Waals surface area contributed by atoms with Crippen LogP contribution in [0.3, 0.4) is 0 Å². The molecule has 0 aliphatic rings. The minimum atomic E-state index is -0.438. The molecule has 1 amide bonds. The lowest BCUT2D eigenvalue weighted by atomic mass is 10.1. The van der Waals surface area contributed by atoms with Gasteiger partial charge < -0.3 is 4.74 Å². The van der Waals surface area contributed by atoms with Gasteiger partial charge in [0.1, 0.15) is 5.03 Å². The Kier molecular flexibility index (Phi) is 12.4. The van der Waals surface area contributed by atoms with E-state index in [2.05, 4.69) is 37.6 Å². The number of nitrogens with zero attached hydrogens (tertiary/aromatic N) is 5. The van der Waals surface area contributed by atoms with Crippen molar-refractivity contribution in [2.24, 2.45) is 0 Å². The Morgan fingerprint density at radius 2 is 1.67 bits per heavy atom. The molecule has 7 nitrogen and oxygen atoms in total. The van der Waals surface area contributed by atoms with E-state index in [0.29, 0.717) is 23.3 Å². The first kappa shape index (κ1) is 31.3. The molecule has 3 aromatic rings. The largest absolute Gasteiger partial charge is 0.418 e. The molecule has 0 aliphatic heterocycles. The predicted octanol–water partition coefficient (Wildman–Crippen LogP) is 8.20. The van der Waals surface area contributed by atoms with Crippen molar-refractivity contribution in [2.75, 3.05) is 26.8 Å². The molecule has 212 valence electrons. The number of rotatable bonds is 14. The second-order valence-electron chi connectivity index (χ2n) is 9.92. The third-order valence-electron chi connectivity index (χ3n) is 6.16. The highest BCUT2D eigenvalue weighted by Crippen LogP contribution is 2.39. The maximum atomic E-state index is 13.3. The van der Waals surface area contributed by atoms with Gasteiger partial charge in [0.2, 0.25) is 0 Å². The highest BCUT2D eigenvalue weighted by atomic mass is 35.5. The van der Waals surface area contributed by atoms with Crippen LogP contribution in [0.25, 0.3) is 0 Å². The number of hydrogen-bond acceptors (Lipinski definition) is 6. The monoisotopic (exact) mass is 591 g/mol. The van der Waals surface area contributed by atoms with Crippen molar-refractivity contribution in [3.63, 3.8) is 0 Å². The van der Waals surface area contributed by atoms with E-state index in [9.17, 15) is 4.79 Å². The zero-order valence-electron chi connectivity index (χ0n) is 23.5. The van der Waals surface area contributed by atoms with Crippen LogP contribution in [0.15, 0.2) is 52.6 Å². The number of hydrogen-bond donors (Lipinski definition) is 0. The normalized spacial score (nSPS) is 11.4. The number of amides is 1. The first-order valence-electron chi connectivity index (χ1n) is 13.5. The summed E-state index contributed by atoms with van der Waals surface area (Å²) in [6, 6.07) is 9.59. The summed E-state index contributed by atoms with van der Waals surface area (Å²) in [4.78, 5) is 27.1. The topological polar surface area (TPSA) is 63.5 Å². The van der Waals surface area contributed by atoms with E-state index in [0.717, 1.165) is 60.0 Å². The van der Waals surface area contributed by atoms with Gasteiger partial charge in [-0.1, -0.05) is 75.5 Å². The van der Waals surface area contributed by atoms with Gasteiger partial charge in [-0.2, -0.15) is 4.98 Å². The van der Waals surface area contributed by atoms with Crippen LogP contribution < -0.4 is 4.74 Å². The van der Waals surface area contributed by atoms with E-state index < -0.39 is 6.09 Å². The number of halogens is 2. The van der Waals surface area contributed by atoms with Crippen LogP contribution >= 0.6 is 35.0 Å². The maximum absolute atomic E-state index is 13.3. The van der Waals surface area contributed by atoms with Gasteiger partial charge in [0.15, 0.2) is 0 Å². The molecule has 0 radical (unpaired) electrons. The smallest absolute Gasteiger partial charge is 0.375 e. The summed E-state index contributed by atoms with van der Waals surface area (Å²) < 4.78 is 7.92. The summed E-state index contributed by atoms with van der Waals surface area (Å²) in [6.45, 7) is 11.4. The fourth-order valence-electron chi connectivity index (χ4n) is 4.04. The van der Waals surface area contributed by atoms with Crippen molar-refractivity contribution >= 4 is 41.1 Å². The highest BCUT2D eigenvalue weighted by molar-refractivity contribution is 7.99. The summed E-state index contributed by atoms with van der Waals surface area (Å²) >= 11 is 14.1. The summed E-state index contributed by atoms with van der Waals surface area (Å²) in [5, 5.41) is 1.98. The van der Waals surface area contributed by atoms with E-state index in [1.165, 1.54) is 11.8 Å². The van der Waals surface area contributed by atoms with Crippen molar-refractivity contribution in [2.45, 2.75) is 75.8 Å². The molecule has 1 aromatic carbocycles. The van der Waals surface area contributed by atoms with Crippen LogP contribution in [0, 0.1) is 0 Å². The van der Waals surface area contributed by atoms with Gasteiger partial charge in [0.05, 0.1) is 18.9 Å². The van der Waals surface area contributed by atoms with Crippen LogP contribution in [0.2, 0.25) is 10.0 Å². The molecule has 0 fully saturated rings. The van der Waals surface area contributed by atoms with Crippen molar-refractivity contribution in [3.8, 4) is 6.01 Å². The molecule has 0 atom stereocenters. The van der Waals surface area contributed by atoms with Crippen LogP contribution in [0.4, 0.5) is 4.79 Å². The second-order valence-corrected chi connectivity index (χ2v) is 11.9. The Labute approximate surface area is 246 Å². The molecule has 0 aliphatic carbocycles. The van der Waals surface area contributed by atoms with E-state index in [4.69, 9.17) is 32.9 Å². The first-order chi connectivity index (χ1) is 18.7. The third-order valence-corrected chi connectivity index (χ3v) is 7.69. The lowest BCUT2D eigenvalue weighted by Crippen LogP contribution is -2.41. The molecule has 0 saturated heterocycles. The van der Waals surface area contributed by atoms with Gasteiger partial charge in [0.25, 0.3) is 0 Å². The first-order valence-corrected chi connectivity index (χ1v) is 15.1. The summed E-state index contributed by atoms with van der Waals surface area (Å²) in [5.41, 5.74) is 1.85. The lowest BCUT2D eigenvalue weighted by molar-refractivity contribution is 0.117. The molecule has 3 rings (SSSR count). The average Bonchev–Trinajstić information content (AvgIpc) is 3.22. The van der Waals surface area contributed by atoms with Gasteiger partial charge >= 0.3 is 12.1 Å². The van der Waals surface area contributed by atoms with E-state index in [-0.39, 0.29) is 11.9 Å². The third kappa shape index (κ3) is 9.41. The Balaban J connectivity index is 1.93. The number of benzene rings is 1. The summed E-state index contributed by atoms with van der Waals surface area (Å²) in [5.74, 6) is 0.0922. The summed E-state index contributed by atoms with van der Waals surface area (Å²) in [6.07, 6.45) is 7.47. The molecular formula is C29H39Cl2N5O2S. The van der Waals surface area contributed by atoms with Gasteiger partial charge in [-0.25, -0.2) is 4.79 Å². The number of aromatic nitrogens is 3. The highest BCUT2D eigenvalue weighted by Gasteiger charge is 2.25. The second kappa shape index (κ2) is 15.5. The molecule has 39 heavy (non-hydrogen) atoms. The Hall–Kier alpha value is -2.26. The minimum absolute atomic E-state index is 0.0922. The quantitative estimate of drug-likeness (QED) is 0.176. The Bertz CT molecular complexity index is 1180. The molecule has 10 heteroatoms. The molecule has 0 spiro atoms. The molecular weight excluding hydrogens is 553 g/mol. The number of pyridine rings is 1. The van der Waals surface area contributed by atoms with Crippen molar-refractivity contribution in [3.05, 3.63) is 64.0 Å². The zero-order valence-corrected chi connectivity index (χ0v) is 25.8. The van der Waals surface area contributed by atoms with Gasteiger partial charge in [-0.05, 0) is 67.7 Å². The predicted molar refractivity (Wildman–Crippen MR) is 160 cm³/mol.